The lowest BCUT2D eigenvalue weighted by Crippen LogP contribution is -2.24. The van der Waals surface area contributed by atoms with Gasteiger partial charge in [0.2, 0.25) is 10.0 Å². The number of sulfonamides is 1. The zero-order valence-electron chi connectivity index (χ0n) is 12.3. The second kappa shape index (κ2) is 6.39. The third kappa shape index (κ3) is 3.91. The summed E-state index contributed by atoms with van der Waals surface area (Å²) >= 11 is 0. The van der Waals surface area contributed by atoms with Crippen LogP contribution in [0.4, 0.5) is 0 Å². The average molecular weight is 304 g/mol. The number of aryl methyl sites for hydroxylation is 2. The Morgan fingerprint density at radius 1 is 1.00 bits per heavy atom. The Hall–Kier alpha value is -1.69. The van der Waals surface area contributed by atoms with Crippen LogP contribution in [0.5, 0.6) is 0 Å². The molecular formula is C16H20N2O2S. The molecule has 3 N–H and O–H groups in total. The summed E-state index contributed by atoms with van der Waals surface area (Å²) in [6, 6.07) is 13.0. The molecule has 0 radical (unpaired) electrons. The lowest BCUT2D eigenvalue weighted by Gasteiger charge is -2.11. The summed E-state index contributed by atoms with van der Waals surface area (Å²) in [6.07, 6.45) is 0. The van der Waals surface area contributed by atoms with Gasteiger partial charge in [-0.05, 0) is 36.6 Å². The fourth-order valence-electron chi connectivity index (χ4n) is 2.02. The van der Waals surface area contributed by atoms with Gasteiger partial charge in [-0.15, -0.1) is 0 Å². The van der Waals surface area contributed by atoms with Crippen molar-refractivity contribution in [1.29, 1.82) is 0 Å². The number of hydrogen-bond acceptors (Lipinski definition) is 3. The van der Waals surface area contributed by atoms with Gasteiger partial charge < -0.3 is 5.73 Å². The molecule has 4 nitrogen and oxygen atoms in total. The van der Waals surface area contributed by atoms with Crippen LogP contribution in [0.2, 0.25) is 0 Å². The first kappa shape index (κ1) is 15.7. The average Bonchev–Trinajstić information content (AvgIpc) is 2.47. The quantitative estimate of drug-likeness (QED) is 0.890. The number of hydrogen-bond donors (Lipinski definition) is 2. The molecule has 0 spiro atoms. The number of nitrogens with two attached hydrogens (primary N) is 1. The highest BCUT2D eigenvalue weighted by molar-refractivity contribution is 7.89. The minimum absolute atomic E-state index is 0.273. The van der Waals surface area contributed by atoms with Crippen LogP contribution in [0.3, 0.4) is 0 Å². The van der Waals surface area contributed by atoms with Crippen molar-refractivity contribution in [2.24, 2.45) is 5.73 Å². The molecule has 112 valence electrons. The molecule has 0 heterocycles. The van der Waals surface area contributed by atoms with Crippen LogP contribution in [0.25, 0.3) is 0 Å². The summed E-state index contributed by atoms with van der Waals surface area (Å²) in [5.74, 6) is 0. The minimum atomic E-state index is -3.54. The van der Waals surface area contributed by atoms with Gasteiger partial charge in [-0.2, -0.15) is 0 Å². The maximum Gasteiger partial charge on any atom is 0.241 e. The van der Waals surface area contributed by atoms with Gasteiger partial charge >= 0.3 is 0 Å². The number of benzene rings is 2. The number of nitrogens with one attached hydrogen (secondary N) is 1. The first-order valence-electron chi connectivity index (χ1n) is 6.77. The van der Waals surface area contributed by atoms with Crippen molar-refractivity contribution in [3.05, 3.63) is 64.7 Å². The normalized spacial score (nSPS) is 11.6. The maximum atomic E-state index is 12.4. The van der Waals surface area contributed by atoms with Gasteiger partial charge in [0, 0.05) is 13.1 Å². The van der Waals surface area contributed by atoms with Crippen molar-refractivity contribution >= 4 is 10.0 Å². The topological polar surface area (TPSA) is 72.2 Å². The van der Waals surface area contributed by atoms with E-state index in [0.717, 1.165) is 16.7 Å². The van der Waals surface area contributed by atoms with Crippen molar-refractivity contribution in [3.8, 4) is 0 Å². The molecule has 0 bridgehead atoms. The van der Waals surface area contributed by atoms with Crippen molar-refractivity contribution in [2.75, 3.05) is 0 Å². The Bertz CT molecular complexity index is 722. The highest BCUT2D eigenvalue weighted by Gasteiger charge is 2.16. The van der Waals surface area contributed by atoms with Gasteiger partial charge in [-0.3, -0.25) is 0 Å². The first-order chi connectivity index (χ1) is 9.92. The van der Waals surface area contributed by atoms with E-state index in [1.807, 2.05) is 37.3 Å². The molecule has 21 heavy (non-hydrogen) atoms. The molecule has 2 rings (SSSR count). The predicted octanol–water partition coefficient (Wildman–Crippen LogP) is 2.24. The monoisotopic (exact) mass is 304 g/mol. The highest BCUT2D eigenvalue weighted by atomic mass is 32.2. The fraction of sp³-hybridized carbons (Fsp3) is 0.250. The van der Waals surface area contributed by atoms with Gasteiger partial charge in [0.05, 0.1) is 4.90 Å². The Morgan fingerprint density at radius 3 is 2.24 bits per heavy atom. The lowest BCUT2D eigenvalue weighted by molar-refractivity contribution is 0.580. The highest BCUT2D eigenvalue weighted by Crippen LogP contribution is 2.17. The summed E-state index contributed by atoms with van der Waals surface area (Å²) in [4.78, 5) is 0.289. The van der Waals surface area contributed by atoms with Crippen LogP contribution < -0.4 is 10.5 Å². The van der Waals surface area contributed by atoms with Gasteiger partial charge in [0.1, 0.15) is 0 Å². The Kier molecular flexibility index (Phi) is 4.77. The molecule has 0 saturated heterocycles. The molecule has 0 aliphatic heterocycles. The third-order valence-corrected chi connectivity index (χ3v) is 4.91. The zero-order chi connectivity index (χ0) is 15.5. The minimum Gasteiger partial charge on any atom is -0.326 e. The van der Waals surface area contributed by atoms with Crippen LogP contribution >= 0.6 is 0 Å². The van der Waals surface area contributed by atoms with Gasteiger partial charge in [-0.1, -0.05) is 42.0 Å². The van der Waals surface area contributed by atoms with E-state index in [0.29, 0.717) is 12.1 Å². The summed E-state index contributed by atoms with van der Waals surface area (Å²) in [6.45, 7) is 4.37. The standard InChI is InChI=1S/C16H20N2O2S/c1-12-3-6-14(7-4-12)11-18-21(19,20)16-9-15(10-17)8-5-13(16)2/h3-9,18H,10-11,17H2,1-2H3. The summed E-state index contributed by atoms with van der Waals surface area (Å²) in [5.41, 5.74) is 9.16. The van der Waals surface area contributed by atoms with E-state index in [1.165, 1.54) is 0 Å². The van der Waals surface area contributed by atoms with Crippen LogP contribution in [0.15, 0.2) is 47.4 Å². The summed E-state index contributed by atoms with van der Waals surface area (Å²) in [7, 11) is -3.54. The SMILES string of the molecule is Cc1ccc(CNS(=O)(=O)c2cc(CN)ccc2C)cc1. The molecule has 0 unspecified atom stereocenters. The zero-order valence-corrected chi connectivity index (χ0v) is 13.1. The lowest BCUT2D eigenvalue weighted by atomic mass is 10.1. The Balaban J connectivity index is 2.20. The summed E-state index contributed by atoms with van der Waals surface area (Å²) < 4.78 is 27.5. The van der Waals surface area contributed by atoms with E-state index in [4.69, 9.17) is 5.73 Å². The summed E-state index contributed by atoms with van der Waals surface area (Å²) in [5, 5.41) is 0. The molecule has 0 amide bonds. The van der Waals surface area contributed by atoms with E-state index in [9.17, 15) is 8.42 Å². The Labute approximate surface area is 126 Å². The van der Waals surface area contributed by atoms with Gasteiger partial charge in [0.15, 0.2) is 0 Å². The molecule has 2 aromatic rings. The van der Waals surface area contributed by atoms with Crippen LogP contribution in [0.1, 0.15) is 22.3 Å². The molecule has 0 fully saturated rings. The molecule has 5 heteroatoms. The smallest absolute Gasteiger partial charge is 0.241 e. The van der Waals surface area contributed by atoms with Gasteiger partial charge in [0.25, 0.3) is 0 Å². The predicted molar refractivity (Wildman–Crippen MR) is 84.3 cm³/mol. The van der Waals surface area contributed by atoms with Crippen LogP contribution in [-0.2, 0) is 23.1 Å². The van der Waals surface area contributed by atoms with Gasteiger partial charge in [-0.25, -0.2) is 13.1 Å². The van der Waals surface area contributed by atoms with E-state index < -0.39 is 10.0 Å². The molecule has 0 aliphatic rings. The van der Waals surface area contributed by atoms with Crippen LogP contribution in [-0.4, -0.2) is 8.42 Å². The first-order valence-corrected chi connectivity index (χ1v) is 8.25. The Morgan fingerprint density at radius 2 is 1.62 bits per heavy atom. The molecule has 0 saturated carbocycles. The van der Waals surface area contributed by atoms with E-state index >= 15 is 0 Å². The largest absolute Gasteiger partial charge is 0.326 e. The second-order valence-corrected chi connectivity index (χ2v) is 6.85. The fourth-order valence-corrected chi connectivity index (χ4v) is 3.33. The molecule has 0 aliphatic carbocycles. The molecule has 0 atom stereocenters. The molecule has 2 aromatic carbocycles. The van der Waals surface area contributed by atoms with Crippen molar-refractivity contribution in [1.82, 2.24) is 4.72 Å². The van der Waals surface area contributed by atoms with Crippen molar-refractivity contribution in [2.45, 2.75) is 31.8 Å². The number of rotatable bonds is 5. The maximum absolute atomic E-state index is 12.4. The van der Waals surface area contributed by atoms with Crippen molar-refractivity contribution in [3.63, 3.8) is 0 Å². The molecule has 0 aromatic heterocycles. The third-order valence-electron chi connectivity index (χ3n) is 3.36. The second-order valence-electron chi connectivity index (χ2n) is 5.11. The van der Waals surface area contributed by atoms with E-state index in [-0.39, 0.29) is 11.4 Å². The van der Waals surface area contributed by atoms with E-state index in [1.54, 1.807) is 19.1 Å². The molecular weight excluding hydrogens is 284 g/mol. The van der Waals surface area contributed by atoms with E-state index in [2.05, 4.69) is 4.72 Å². The van der Waals surface area contributed by atoms with Crippen molar-refractivity contribution < 1.29 is 8.42 Å². The van der Waals surface area contributed by atoms with Crippen LogP contribution in [0, 0.1) is 13.8 Å².